The maximum atomic E-state index is 14.0. The van der Waals surface area contributed by atoms with Crippen LogP contribution in [0, 0.1) is 9.39 Å². The van der Waals surface area contributed by atoms with Gasteiger partial charge in [0.05, 0.1) is 11.3 Å². The Morgan fingerprint density at radius 3 is 2.91 bits per heavy atom. The molecule has 7 heteroatoms. The quantitative estimate of drug-likeness (QED) is 0.618. The van der Waals surface area contributed by atoms with Gasteiger partial charge >= 0.3 is 0 Å². The first-order valence-electron chi connectivity index (χ1n) is 6.42. The summed E-state index contributed by atoms with van der Waals surface area (Å²) < 4.78 is 14.8. The molecule has 0 atom stereocenters. The fraction of sp³-hybridized carbons (Fsp3) is 0.0667. The Morgan fingerprint density at radius 2 is 2.18 bits per heavy atom. The van der Waals surface area contributed by atoms with Crippen molar-refractivity contribution in [3.63, 3.8) is 0 Å². The molecule has 0 spiro atoms. The van der Waals surface area contributed by atoms with Crippen LogP contribution in [-0.2, 0) is 0 Å². The van der Waals surface area contributed by atoms with E-state index in [4.69, 9.17) is 0 Å². The van der Waals surface area contributed by atoms with Crippen LogP contribution < -0.4 is 10.6 Å². The number of aromatic nitrogens is 1. The number of thiophene rings is 1. The van der Waals surface area contributed by atoms with Crippen LogP contribution in [-0.4, -0.2) is 17.9 Å². The van der Waals surface area contributed by atoms with Gasteiger partial charge in [-0.25, -0.2) is 9.37 Å². The lowest BCUT2D eigenvalue weighted by Crippen LogP contribution is -2.18. The number of anilines is 2. The SMILES string of the molecule is CNC(=O)c1c(Nc2ccc(I)cc2F)sc2ncccc12. The molecule has 0 saturated heterocycles. The van der Waals surface area contributed by atoms with Gasteiger partial charge in [-0.3, -0.25) is 4.79 Å². The molecular formula is C15H11FIN3OS. The molecule has 4 nitrogen and oxygen atoms in total. The zero-order valence-electron chi connectivity index (χ0n) is 11.5. The topological polar surface area (TPSA) is 54.0 Å². The molecule has 0 radical (unpaired) electrons. The Kier molecular flexibility index (Phi) is 4.25. The van der Waals surface area contributed by atoms with E-state index in [9.17, 15) is 9.18 Å². The molecule has 0 unspecified atom stereocenters. The van der Waals surface area contributed by atoms with Gasteiger partial charge in [0, 0.05) is 22.2 Å². The standard InChI is InChI=1S/C15H11FIN3OS/c1-18-13(21)12-9-3-2-6-19-14(9)22-15(12)20-11-5-4-8(17)7-10(11)16/h2-7,20H,1H3,(H,18,21). The lowest BCUT2D eigenvalue weighted by molar-refractivity contribution is 0.0966. The highest BCUT2D eigenvalue weighted by molar-refractivity contribution is 14.1. The van der Waals surface area contributed by atoms with E-state index in [0.29, 0.717) is 16.3 Å². The average molecular weight is 427 g/mol. The molecule has 1 aromatic carbocycles. The Morgan fingerprint density at radius 1 is 1.36 bits per heavy atom. The molecule has 0 saturated carbocycles. The number of halogens is 2. The van der Waals surface area contributed by atoms with Gasteiger partial charge in [0.1, 0.15) is 15.6 Å². The van der Waals surface area contributed by atoms with Crippen LogP contribution in [0.3, 0.4) is 0 Å². The number of rotatable bonds is 3. The second-order valence-electron chi connectivity index (χ2n) is 4.49. The number of fused-ring (bicyclic) bond motifs is 1. The first-order chi connectivity index (χ1) is 10.6. The van der Waals surface area contributed by atoms with Crippen LogP contribution in [0.5, 0.6) is 0 Å². The molecule has 0 bridgehead atoms. The third kappa shape index (κ3) is 2.78. The van der Waals surface area contributed by atoms with E-state index in [0.717, 1.165) is 13.8 Å². The van der Waals surface area contributed by atoms with Crippen molar-refractivity contribution in [2.45, 2.75) is 0 Å². The highest BCUT2D eigenvalue weighted by Crippen LogP contribution is 2.36. The summed E-state index contributed by atoms with van der Waals surface area (Å²) in [5, 5.41) is 6.95. The highest BCUT2D eigenvalue weighted by atomic mass is 127. The summed E-state index contributed by atoms with van der Waals surface area (Å²) in [7, 11) is 1.57. The molecule has 3 aromatic rings. The van der Waals surface area contributed by atoms with E-state index in [1.807, 2.05) is 28.7 Å². The summed E-state index contributed by atoms with van der Waals surface area (Å²) >= 11 is 3.37. The molecule has 2 aromatic heterocycles. The van der Waals surface area contributed by atoms with E-state index in [1.54, 1.807) is 31.4 Å². The number of pyridine rings is 1. The van der Waals surface area contributed by atoms with Gasteiger partial charge in [0.25, 0.3) is 5.91 Å². The summed E-state index contributed by atoms with van der Waals surface area (Å²) in [6.07, 6.45) is 1.67. The van der Waals surface area contributed by atoms with Gasteiger partial charge in [-0.2, -0.15) is 0 Å². The van der Waals surface area contributed by atoms with Crippen LogP contribution >= 0.6 is 33.9 Å². The zero-order chi connectivity index (χ0) is 15.7. The van der Waals surface area contributed by atoms with E-state index in [-0.39, 0.29) is 11.7 Å². The monoisotopic (exact) mass is 427 g/mol. The van der Waals surface area contributed by atoms with Crippen LogP contribution in [0.4, 0.5) is 15.1 Å². The molecule has 3 rings (SSSR count). The number of hydrogen-bond donors (Lipinski definition) is 2. The molecule has 0 aliphatic heterocycles. The molecule has 0 aliphatic rings. The molecule has 22 heavy (non-hydrogen) atoms. The van der Waals surface area contributed by atoms with Crippen LogP contribution in [0.15, 0.2) is 36.5 Å². The van der Waals surface area contributed by atoms with Crippen LogP contribution in [0.1, 0.15) is 10.4 Å². The van der Waals surface area contributed by atoms with Gasteiger partial charge < -0.3 is 10.6 Å². The predicted molar refractivity (Wildman–Crippen MR) is 95.4 cm³/mol. The first kappa shape index (κ1) is 15.2. The first-order valence-corrected chi connectivity index (χ1v) is 8.31. The van der Waals surface area contributed by atoms with Crippen molar-refractivity contribution < 1.29 is 9.18 Å². The lowest BCUT2D eigenvalue weighted by Gasteiger charge is -2.08. The lowest BCUT2D eigenvalue weighted by atomic mass is 10.2. The van der Waals surface area contributed by atoms with Crippen molar-refractivity contribution >= 4 is 60.7 Å². The normalized spacial score (nSPS) is 10.7. The minimum atomic E-state index is -0.361. The molecule has 112 valence electrons. The fourth-order valence-corrected chi connectivity index (χ4v) is 3.59. The average Bonchev–Trinajstić information content (AvgIpc) is 2.87. The smallest absolute Gasteiger partial charge is 0.254 e. The van der Waals surface area contributed by atoms with Crippen molar-refractivity contribution in [2.24, 2.45) is 0 Å². The minimum absolute atomic E-state index is 0.229. The predicted octanol–water partition coefficient (Wildman–Crippen LogP) is 4.14. The fourth-order valence-electron chi connectivity index (χ4n) is 2.08. The zero-order valence-corrected chi connectivity index (χ0v) is 14.5. The van der Waals surface area contributed by atoms with Crippen LogP contribution in [0.25, 0.3) is 10.2 Å². The summed E-state index contributed by atoms with van der Waals surface area (Å²) in [6, 6.07) is 8.50. The Bertz CT molecular complexity index is 865. The van der Waals surface area contributed by atoms with Gasteiger partial charge in [-0.1, -0.05) is 11.3 Å². The van der Waals surface area contributed by atoms with E-state index < -0.39 is 0 Å². The van der Waals surface area contributed by atoms with Crippen molar-refractivity contribution in [3.05, 3.63) is 51.5 Å². The Labute approximate surface area is 143 Å². The summed E-state index contributed by atoms with van der Waals surface area (Å²) in [5.41, 5.74) is 0.811. The van der Waals surface area contributed by atoms with Crippen LogP contribution in [0.2, 0.25) is 0 Å². The molecule has 2 N–H and O–H groups in total. The second kappa shape index (κ2) is 6.17. The van der Waals surface area contributed by atoms with Crippen molar-refractivity contribution in [3.8, 4) is 0 Å². The maximum absolute atomic E-state index is 14.0. The number of benzene rings is 1. The number of carbonyl (C=O) groups is 1. The van der Waals surface area contributed by atoms with Crippen molar-refractivity contribution in [2.75, 3.05) is 12.4 Å². The summed E-state index contributed by atoms with van der Waals surface area (Å²) in [5.74, 6) is -0.590. The van der Waals surface area contributed by atoms with E-state index in [2.05, 4.69) is 15.6 Å². The number of hydrogen-bond acceptors (Lipinski definition) is 4. The van der Waals surface area contributed by atoms with Gasteiger partial charge in [0.15, 0.2) is 0 Å². The van der Waals surface area contributed by atoms with Crippen molar-refractivity contribution in [1.29, 1.82) is 0 Å². The molecule has 0 aliphatic carbocycles. The molecular weight excluding hydrogens is 416 g/mol. The Balaban J connectivity index is 2.11. The second-order valence-corrected chi connectivity index (χ2v) is 6.74. The third-order valence-corrected chi connectivity index (χ3v) is 4.80. The summed E-state index contributed by atoms with van der Waals surface area (Å²) in [6.45, 7) is 0. The largest absolute Gasteiger partial charge is 0.355 e. The number of amides is 1. The number of nitrogens with one attached hydrogen (secondary N) is 2. The number of nitrogens with zero attached hydrogens (tertiary/aromatic N) is 1. The maximum Gasteiger partial charge on any atom is 0.254 e. The molecule has 1 amide bonds. The van der Waals surface area contributed by atoms with Gasteiger partial charge in [-0.15, -0.1) is 0 Å². The minimum Gasteiger partial charge on any atom is -0.355 e. The number of carbonyl (C=O) groups excluding carboxylic acids is 1. The highest BCUT2D eigenvalue weighted by Gasteiger charge is 2.19. The summed E-state index contributed by atoms with van der Waals surface area (Å²) in [4.78, 5) is 17.2. The van der Waals surface area contributed by atoms with Crippen molar-refractivity contribution in [1.82, 2.24) is 10.3 Å². The molecule has 0 fully saturated rings. The van der Waals surface area contributed by atoms with E-state index in [1.165, 1.54) is 17.4 Å². The third-order valence-electron chi connectivity index (χ3n) is 3.10. The van der Waals surface area contributed by atoms with Gasteiger partial charge in [-0.05, 0) is 52.9 Å². The molecule has 2 heterocycles. The Hall–Kier alpha value is -1.74. The van der Waals surface area contributed by atoms with E-state index >= 15 is 0 Å². The van der Waals surface area contributed by atoms with Gasteiger partial charge in [0.2, 0.25) is 0 Å².